The number of guanidine groups is 1. The van der Waals surface area contributed by atoms with Gasteiger partial charge in [-0.15, -0.1) is 24.0 Å². The molecule has 2 fully saturated rings. The average Bonchev–Trinajstić information content (AvgIpc) is 3.26. The number of hydrogen-bond acceptors (Lipinski definition) is 4. The molecule has 2 heterocycles. The molecule has 3 rings (SSSR count). The highest BCUT2D eigenvalue weighted by molar-refractivity contribution is 14.0. The predicted octanol–water partition coefficient (Wildman–Crippen LogP) is 1.50. The van der Waals surface area contributed by atoms with Crippen LogP contribution in [-0.4, -0.2) is 84.9 Å². The van der Waals surface area contributed by atoms with Gasteiger partial charge in [-0.05, 0) is 25.3 Å². The summed E-state index contributed by atoms with van der Waals surface area (Å²) in [5.41, 5.74) is 1.11. The van der Waals surface area contributed by atoms with Crippen LogP contribution in [0, 0.1) is 0 Å². The van der Waals surface area contributed by atoms with E-state index in [9.17, 15) is 9.90 Å². The molecule has 0 radical (unpaired) electrons. The fourth-order valence-electron chi connectivity index (χ4n) is 3.68. The van der Waals surface area contributed by atoms with Crippen molar-refractivity contribution in [2.75, 3.05) is 45.9 Å². The van der Waals surface area contributed by atoms with Crippen LogP contribution in [0.15, 0.2) is 35.3 Å². The number of aliphatic hydroxyl groups is 1. The number of benzene rings is 1. The molecule has 2 saturated heterocycles. The van der Waals surface area contributed by atoms with Crippen LogP contribution in [0.3, 0.4) is 0 Å². The predicted molar refractivity (Wildman–Crippen MR) is 125 cm³/mol. The second kappa shape index (κ2) is 12.3. The Morgan fingerprint density at radius 3 is 2.55 bits per heavy atom. The van der Waals surface area contributed by atoms with E-state index in [-0.39, 0.29) is 36.0 Å². The van der Waals surface area contributed by atoms with Gasteiger partial charge in [0.15, 0.2) is 5.96 Å². The Hall–Kier alpha value is -1.39. The molecule has 1 aromatic rings. The molecule has 0 aromatic heterocycles. The van der Waals surface area contributed by atoms with E-state index < -0.39 is 6.10 Å². The van der Waals surface area contributed by atoms with Crippen LogP contribution in [0.4, 0.5) is 0 Å². The van der Waals surface area contributed by atoms with Crippen LogP contribution in [0.2, 0.25) is 0 Å². The van der Waals surface area contributed by atoms with Crippen molar-refractivity contribution in [1.82, 2.24) is 15.1 Å². The topological polar surface area (TPSA) is 77.4 Å². The summed E-state index contributed by atoms with van der Waals surface area (Å²) in [5, 5.41) is 13.6. The monoisotopic (exact) mass is 516 g/mol. The summed E-state index contributed by atoms with van der Waals surface area (Å²) >= 11 is 0. The van der Waals surface area contributed by atoms with E-state index in [0.29, 0.717) is 32.7 Å². The van der Waals surface area contributed by atoms with E-state index in [1.54, 1.807) is 0 Å². The third kappa shape index (κ3) is 7.11. The summed E-state index contributed by atoms with van der Waals surface area (Å²) in [6.07, 6.45) is 1.63. The van der Waals surface area contributed by atoms with E-state index in [0.717, 1.165) is 44.0 Å². The summed E-state index contributed by atoms with van der Waals surface area (Å²) < 4.78 is 5.53. The van der Waals surface area contributed by atoms with Gasteiger partial charge in [0.05, 0.1) is 12.6 Å². The Morgan fingerprint density at radius 1 is 1.24 bits per heavy atom. The van der Waals surface area contributed by atoms with Gasteiger partial charge < -0.3 is 25.0 Å². The van der Waals surface area contributed by atoms with Crippen molar-refractivity contribution in [3.05, 3.63) is 35.9 Å². The smallest absolute Gasteiger partial charge is 0.251 e. The minimum atomic E-state index is -0.515. The molecule has 2 aliphatic heterocycles. The van der Waals surface area contributed by atoms with Crippen molar-refractivity contribution in [3.8, 4) is 0 Å². The second-order valence-corrected chi connectivity index (χ2v) is 7.35. The van der Waals surface area contributed by atoms with Gasteiger partial charge in [0.2, 0.25) is 0 Å². The first-order valence-electron chi connectivity index (χ1n) is 10.3. The minimum absolute atomic E-state index is 0. The van der Waals surface area contributed by atoms with Crippen LogP contribution in [0.1, 0.15) is 25.3 Å². The van der Waals surface area contributed by atoms with Gasteiger partial charge in [0.25, 0.3) is 5.91 Å². The molecule has 0 saturated carbocycles. The maximum Gasteiger partial charge on any atom is 0.251 e. The summed E-state index contributed by atoms with van der Waals surface area (Å²) in [4.78, 5) is 21.2. The maximum atomic E-state index is 12.5. The SMILES string of the molecule is CCNC(=NCC(O)Cc1ccccc1)N1CCN(C(=O)C2CCCO2)CC1.I. The fraction of sp³-hybridized carbons (Fsp3) is 0.619. The normalized spacial score (nSPS) is 20.9. The minimum Gasteiger partial charge on any atom is -0.391 e. The van der Waals surface area contributed by atoms with Crippen LogP contribution < -0.4 is 5.32 Å². The molecule has 162 valence electrons. The van der Waals surface area contributed by atoms with Crippen LogP contribution >= 0.6 is 24.0 Å². The second-order valence-electron chi connectivity index (χ2n) is 7.35. The van der Waals surface area contributed by atoms with Crippen molar-refractivity contribution in [3.63, 3.8) is 0 Å². The van der Waals surface area contributed by atoms with E-state index in [2.05, 4.69) is 15.2 Å². The quantitative estimate of drug-likeness (QED) is 0.341. The molecule has 0 aliphatic carbocycles. The molecule has 0 bridgehead atoms. The van der Waals surface area contributed by atoms with Gasteiger partial charge in [-0.3, -0.25) is 9.79 Å². The molecule has 1 aromatic carbocycles. The molecule has 8 heteroatoms. The third-order valence-corrected chi connectivity index (χ3v) is 5.20. The van der Waals surface area contributed by atoms with Crippen LogP contribution in [-0.2, 0) is 16.0 Å². The van der Waals surface area contributed by atoms with Crippen molar-refractivity contribution < 1.29 is 14.6 Å². The number of aliphatic hydroxyl groups excluding tert-OH is 1. The van der Waals surface area contributed by atoms with E-state index in [1.807, 2.05) is 42.2 Å². The molecule has 0 spiro atoms. The summed E-state index contributed by atoms with van der Waals surface area (Å²) in [6, 6.07) is 9.96. The first-order chi connectivity index (χ1) is 13.7. The lowest BCUT2D eigenvalue weighted by molar-refractivity contribution is -0.142. The molecular formula is C21H33IN4O3. The number of aliphatic imine (C=N–C) groups is 1. The average molecular weight is 516 g/mol. The number of carbonyl (C=O) groups excluding carboxylic acids is 1. The first kappa shape index (κ1) is 23.9. The Bertz CT molecular complexity index is 645. The molecule has 2 unspecified atom stereocenters. The molecule has 7 nitrogen and oxygen atoms in total. The van der Waals surface area contributed by atoms with Gasteiger partial charge in [-0.1, -0.05) is 30.3 Å². The van der Waals surface area contributed by atoms with Gasteiger partial charge in [-0.25, -0.2) is 0 Å². The Balaban J connectivity index is 0.00000300. The highest BCUT2D eigenvalue weighted by atomic mass is 127. The van der Waals surface area contributed by atoms with Crippen LogP contribution in [0.25, 0.3) is 0 Å². The van der Waals surface area contributed by atoms with Crippen molar-refractivity contribution in [2.24, 2.45) is 4.99 Å². The number of ether oxygens (including phenoxy) is 1. The maximum absolute atomic E-state index is 12.5. The summed E-state index contributed by atoms with van der Waals surface area (Å²) in [6.45, 7) is 6.67. The molecule has 2 atom stereocenters. The number of halogens is 1. The molecule has 2 aliphatic rings. The lowest BCUT2D eigenvalue weighted by Crippen LogP contribution is -2.55. The number of carbonyl (C=O) groups is 1. The van der Waals surface area contributed by atoms with Gasteiger partial charge in [0.1, 0.15) is 6.10 Å². The van der Waals surface area contributed by atoms with Crippen molar-refractivity contribution in [1.29, 1.82) is 0 Å². The highest BCUT2D eigenvalue weighted by Gasteiger charge is 2.30. The lowest BCUT2D eigenvalue weighted by Gasteiger charge is -2.37. The summed E-state index contributed by atoms with van der Waals surface area (Å²) in [5.74, 6) is 0.927. The highest BCUT2D eigenvalue weighted by Crippen LogP contribution is 2.16. The number of amides is 1. The Labute approximate surface area is 190 Å². The number of piperazine rings is 1. The van der Waals surface area contributed by atoms with E-state index >= 15 is 0 Å². The van der Waals surface area contributed by atoms with E-state index in [1.165, 1.54) is 0 Å². The Kier molecular flexibility index (Phi) is 10.2. The standard InChI is InChI=1S/C21H32N4O3.HI/c1-2-22-21(23-16-18(26)15-17-7-4-3-5-8-17)25-12-10-24(11-13-25)20(27)19-9-6-14-28-19;/h3-5,7-8,18-19,26H,2,6,9-16H2,1H3,(H,22,23);1H. The fourth-order valence-corrected chi connectivity index (χ4v) is 3.68. The number of nitrogens with one attached hydrogen (secondary N) is 1. The molecule has 29 heavy (non-hydrogen) atoms. The van der Waals surface area contributed by atoms with Crippen LogP contribution in [0.5, 0.6) is 0 Å². The largest absolute Gasteiger partial charge is 0.391 e. The van der Waals surface area contributed by atoms with Gasteiger partial charge >= 0.3 is 0 Å². The number of rotatable bonds is 6. The van der Waals surface area contributed by atoms with Crippen molar-refractivity contribution in [2.45, 2.75) is 38.4 Å². The van der Waals surface area contributed by atoms with Gasteiger partial charge in [-0.2, -0.15) is 0 Å². The zero-order chi connectivity index (χ0) is 19.8. The van der Waals surface area contributed by atoms with Crippen molar-refractivity contribution >= 4 is 35.8 Å². The summed E-state index contributed by atoms with van der Waals surface area (Å²) in [7, 11) is 0. The molecule has 1 amide bonds. The van der Waals surface area contributed by atoms with Gasteiger partial charge in [0, 0.05) is 45.8 Å². The molecular weight excluding hydrogens is 483 g/mol. The van der Waals surface area contributed by atoms with E-state index in [4.69, 9.17) is 4.74 Å². The first-order valence-corrected chi connectivity index (χ1v) is 10.3. The number of nitrogens with zero attached hydrogens (tertiary/aromatic N) is 3. The third-order valence-electron chi connectivity index (χ3n) is 5.20. The Morgan fingerprint density at radius 2 is 1.93 bits per heavy atom. The molecule has 2 N–H and O–H groups in total. The zero-order valence-electron chi connectivity index (χ0n) is 17.1. The zero-order valence-corrected chi connectivity index (χ0v) is 19.5. The lowest BCUT2D eigenvalue weighted by atomic mass is 10.1. The number of hydrogen-bond donors (Lipinski definition) is 2.